The van der Waals surface area contributed by atoms with Crippen LogP contribution >= 0.6 is 0 Å². The highest BCUT2D eigenvalue weighted by Gasteiger charge is 2.43. The molecule has 17 heavy (non-hydrogen) atoms. The van der Waals surface area contributed by atoms with Crippen molar-refractivity contribution in [2.75, 3.05) is 19.8 Å². The third kappa shape index (κ3) is 3.94. The first-order chi connectivity index (χ1) is 7.79. The summed E-state index contributed by atoms with van der Waals surface area (Å²) in [4.78, 5) is 2.61. The Labute approximate surface area is 107 Å². The van der Waals surface area contributed by atoms with Crippen molar-refractivity contribution in [3.05, 3.63) is 0 Å². The average Bonchev–Trinajstić information content (AvgIpc) is 2.12. The van der Waals surface area contributed by atoms with E-state index in [1.165, 1.54) is 0 Å². The Kier molecular flexibility index (Phi) is 4.99. The summed E-state index contributed by atoms with van der Waals surface area (Å²) in [5.41, 5.74) is 6.58. The van der Waals surface area contributed by atoms with Crippen molar-refractivity contribution in [3.63, 3.8) is 0 Å². The van der Waals surface area contributed by atoms with Crippen molar-refractivity contribution in [3.8, 4) is 0 Å². The zero-order chi connectivity index (χ0) is 13.1. The highest BCUT2D eigenvalue weighted by Crippen LogP contribution is 2.37. The van der Waals surface area contributed by atoms with Gasteiger partial charge < -0.3 is 10.5 Å². The van der Waals surface area contributed by atoms with Crippen molar-refractivity contribution >= 4 is 0 Å². The van der Waals surface area contributed by atoms with Gasteiger partial charge in [-0.3, -0.25) is 4.90 Å². The molecule has 0 radical (unpaired) electrons. The lowest BCUT2D eigenvalue weighted by molar-refractivity contribution is -0.0394. The van der Waals surface area contributed by atoms with E-state index in [0.29, 0.717) is 6.04 Å². The Balaban J connectivity index is 2.59. The zero-order valence-corrected chi connectivity index (χ0v) is 12.3. The number of ether oxygens (including phenoxy) is 1. The highest BCUT2D eigenvalue weighted by atomic mass is 16.5. The number of likely N-dealkylation sites (tertiary alicyclic amines) is 1. The Bertz CT molecular complexity index is 220. The molecule has 3 nitrogen and oxygen atoms in total. The van der Waals surface area contributed by atoms with E-state index in [0.717, 1.165) is 39.0 Å². The summed E-state index contributed by atoms with van der Waals surface area (Å²) in [5.74, 6) is 0. The number of hydrogen-bond acceptors (Lipinski definition) is 3. The molecule has 0 aromatic rings. The number of rotatable bonds is 5. The molecular weight excluding hydrogens is 212 g/mol. The average molecular weight is 242 g/mol. The maximum atomic E-state index is 6.17. The van der Waals surface area contributed by atoms with Gasteiger partial charge in [0, 0.05) is 36.9 Å². The molecule has 1 saturated heterocycles. The predicted molar refractivity (Wildman–Crippen MR) is 73.2 cm³/mol. The number of nitrogens with two attached hydrogens (primary N) is 1. The van der Waals surface area contributed by atoms with E-state index >= 15 is 0 Å². The van der Waals surface area contributed by atoms with E-state index in [4.69, 9.17) is 10.5 Å². The van der Waals surface area contributed by atoms with Crippen LogP contribution in [0.3, 0.4) is 0 Å². The van der Waals surface area contributed by atoms with Gasteiger partial charge in [0.2, 0.25) is 0 Å². The third-order valence-electron chi connectivity index (χ3n) is 3.86. The quantitative estimate of drug-likeness (QED) is 0.752. The van der Waals surface area contributed by atoms with Crippen LogP contribution in [0.2, 0.25) is 0 Å². The van der Waals surface area contributed by atoms with Gasteiger partial charge in [0.15, 0.2) is 0 Å². The van der Waals surface area contributed by atoms with Gasteiger partial charge in [0.1, 0.15) is 0 Å². The van der Waals surface area contributed by atoms with Crippen LogP contribution in [0.5, 0.6) is 0 Å². The van der Waals surface area contributed by atoms with Crippen LogP contribution in [0.15, 0.2) is 0 Å². The Morgan fingerprint density at radius 1 is 1.18 bits per heavy atom. The van der Waals surface area contributed by atoms with Gasteiger partial charge in [-0.2, -0.15) is 0 Å². The molecule has 2 N–H and O–H groups in total. The number of nitrogens with zero attached hydrogens (tertiary/aromatic N) is 1. The standard InChI is InChI=1S/C14H30N2O/c1-6-17-9-7-8-16-13(2,3)10-12(15)11-14(16,4)5/h12H,6-11,15H2,1-5H3. The molecule has 0 amide bonds. The molecule has 0 aliphatic carbocycles. The van der Waals surface area contributed by atoms with E-state index in [1.807, 2.05) is 6.92 Å². The summed E-state index contributed by atoms with van der Waals surface area (Å²) >= 11 is 0. The summed E-state index contributed by atoms with van der Waals surface area (Å²) in [5, 5.41) is 0. The first-order valence-corrected chi connectivity index (χ1v) is 6.90. The SMILES string of the molecule is CCOCCCN1C(C)(C)CC(N)CC1(C)C. The molecule has 0 bridgehead atoms. The first kappa shape index (κ1) is 14.9. The maximum Gasteiger partial charge on any atom is 0.0478 e. The molecule has 0 aromatic heterocycles. The molecule has 0 aromatic carbocycles. The molecule has 1 aliphatic rings. The molecule has 1 fully saturated rings. The van der Waals surface area contributed by atoms with Crippen molar-refractivity contribution < 1.29 is 4.74 Å². The fourth-order valence-electron chi connectivity index (χ4n) is 3.47. The molecule has 1 heterocycles. The van der Waals surface area contributed by atoms with Crippen LogP contribution in [0.25, 0.3) is 0 Å². The Hall–Kier alpha value is -0.120. The second-order valence-electron chi connectivity index (χ2n) is 6.50. The van der Waals surface area contributed by atoms with Crippen LogP contribution in [0.1, 0.15) is 53.9 Å². The fourth-order valence-corrected chi connectivity index (χ4v) is 3.47. The topological polar surface area (TPSA) is 38.5 Å². The lowest BCUT2D eigenvalue weighted by Gasteiger charge is -2.55. The van der Waals surface area contributed by atoms with Crippen LogP contribution in [-0.4, -0.2) is 41.8 Å². The van der Waals surface area contributed by atoms with Crippen LogP contribution in [0, 0.1) is 0 Å². The molecule has 0 spiro atoms. The van der Waals surface area contributed by atoms with Gasteiger partial charge in [0.25, 0.3) is 0 Å². The highest BCUT2D eigenvalue weighted by molar-refractivity contribution is 5.01. The number of piperidine rings is 1. The largest absolute Gasteiger partial charge is 0.382 e. The minimum atomic E-state index is 0.202. The lowest BCUT2D eigenvalue weighted by Crippen LogP contribution is -2.63. The predicted octanol–water partition coefficient (Wildman–Crippen LogP) is 2.39. The van der Waals surface area contributed by atoms with Crippen molar-refractivity contribution in [1.82, 2.24) is 4.90 Å². The summed E-state index contributed by atoms with van der Waals surface area (Å²) in [6.07, 6.45) is 3.28. The normalized spacial score (nSPS) is 25.1. The van der Waals surface area contributed by atoms with Crippen molar-refractivity contribution in [1.29, 1.82) is 0 Å². The second kappa shape index (κ2) is 5.68. The lowest BCUT2D eigenvalue weighted by atomic mass is 9.77. The molecule has 0 unspecified atom stereocenters. The van der Waals surface area contributed by atoms with E-state index in [2.05, 4.69) is 32.6 Å². The smallest absolute Gasteiger partial charge is 0.0478 e. The number of hydrogen-bond donors (Lipinski definition) is 1. The van der Waals surface area contributed by atoms with Gasteiger partial charge in [-0.25, -0.2) is 0 Å². The molecule has 0 saturated carbocycles. The Morgan fingerprint density at radius 3 is 2.18 bits per heavy atom. The van der Waals surface area contributed by atoms with Crippen LogP contribution in [-0.2, 0) is 4.74 Å². The van der Waals surface area contributed by atoms with E-state index in [-0.39, 0.29) is 11.1 Å². The van der Waals surface area contributed by atoms with Gasteiger partial charge in [-0.05, 0) is 53.9 Å². The summed E-state index contributed by atoms with van der Waals surface area (Å²) in [6.45, 7) is 14.1. The zero-order valence-electron chi connectivity index (χ0n) is 12.3. The fraction of sp³-hybridized carbons (Fsp3) is 1.00. The van der Waals surface area contributed by atoms with Gasteiger partial charge in [-0.1, -0.05) is 0 Å². The van der Waals surface area contributed by atoms with Crippen molar-refractivity contribution in [2.45, 2.75) is 71.0 Å². The van der Waals surface area contributed by atoms with Crippen molar-refractivity contribution in [2.24, 2.45) is 5.73 Å². The van der Waals surface area contributed by atoms with Gasteiger partial charge in [0.05, 0.1) is 0 Å². The van der Waals surface area contributed by atoms with Crippen LogP contribution < -0.4 is 5.73 Å². The van der Waals surface area contributed by atoms with E-state index in [9.17, 15) is 0 Å². The maximum absolute atomic E-state index is 6.17. The first-order valence-electron chi connectivity index (χ1n) is 6.90. The van der Waals surface area contributed by atoms with E-state index in [1.54, 1.807) is 0 Å². The molecule has 1 rings (SSSR count). The van der Waals surface area contributed by atoms with Gasteiger partial charge in [-0.15, -0.1) is 0 Å². The summed E-state index contributed by atoms with van der Waals surface area (Å²) < 4.78 is 5.43. The third-order valence-corrected chi connectivity index (χ3v) is 3.86. The summed E-state index contributed by atoms with van der Waals surface area (Å²) in [7, 11) is 0. The van der Waals surface area contributed by atoms with E-state index < -0.39 is 0 Å². The Morgan fingerprint density at radius 2 is 1.71 bits per heavy atom. The minimum absolute atomic E-state index is 0.202. The molecule has 102 valence electrons. The molecular formula is C14H30N2O. The minimum Gasteiger partial charge on any atom is -0.382 e. The van der Waals surface area contributed by atoms with Crippen LogP contribution in [0.4, 0.5) is 0 Å². The molecule has 0 atom stereocenters. The monoisotopic (exact) mass is 242 g/mol. The molecule has 1 aliphatic heterocycles. The summed E-state index contributed by atoms with van der Waals surface area (Å²) in [6, 6.07) is 0.336. The molecule has 3 heteroatoms. The van der Waals surface area contributed by atoms with Gasteiger partial charge >= 0.3 is 0 Å². The second-order valence-corrected chi connectivity index (χ2v) is 6.50.